The van der Waals surface area contributed by atoms with Gasteiger partial charge in [0.25, 0.3) is 0 Å². The summed E-state index contributed by atoms with van der Waals surface area (Å²) >= 11 is 0. The van der Waals surface area contributed by atoms with Crippen LogP contribution in [0.3, 0.4) is 0 Å². The second kappa shape index (κ2) is 5.81. The highest BCUT2D eigenvalue weighted by Gasteiger charge is 2.27. The molecule has 22 heavy (non-hydrogen) atoms. The van der Waals surface area contributed by atoms with E-state index in [1.807, 2.05) is 10.9 Å². The van der Waals surface area contributed by atoms with Crippen molar-refractivity contribution in [1.82, 2.24) is 19.5 Å². The Morgan fingerprint density at radius 3 is 2.77 bits per heavy atom. The van der Waals surface area contributed by atoms with Crippen LogP contribution in [-0.4, -0.2) is 45.5 Å². The first-order chi connectivity index (χ1) is 10.9. The molecule has 2 aromatic heterocycles. The summed E-state index contributed by atoms with van der Waals surface area (Å²) in [7, 11) is 0. The van der Waals surface area contributed by atoms with Crippen molar-refractivity contribution in [2.45, 2.75) is 45.1 Å². The summed E-state index contributed by atoms with van der Waals surface area (Å²) in [6, 6.07) is 0. The molecular formula is C15H21N5O2. The largest absolute Gasteiger partial charge is 0.358 e. The minimum absolute atomic E-state index is 0.0468. The summed E-state index contributed by atoms with van der Waals surface area (Å²) in [5.74, 6) is 0.858. The fraction of sp³-hybridized carbons (Fsp3) is 0.667. The van der Waals surface area contributed by atoms with Gasteiger partial charge in [0.15, 0.2) is 17.0 Å². The Hall–Kier alpha value is -1.73. The second-order valence-electron chi connectivity index (χ2n) is 5.74. The summed E-state index contributed by atoms with van der Waals surface area (Å²) < 4.78 is 13.6. The smallest absolute Gasteiger partial charge is 0.167 e. The van der Waals surface area contributed by atoms with E-state index in [0.29, 0.717) is 0 Å². The van der Waals surface area contributed by atoms with Gasteiger partial charge in [0.1, 0.15) is 18.8 Å². The normalized spacial score (nSPS) is 25.1. The fourth-order valence-corrected chi connectivity index (χ4v) is 3.34. The predicted molar refractivity (Wildman–Crippen MR) is 81.5 cm³/mol. The maximum atomic E-state index is 5.82. The molecule has 2 fully saturated rings. The van der Waals surface area contributed by atoms with E-state index in [1.165, 1.54) is 0 Å². The molecule has 0 amide bonds. The summed E-state index contributed by atoms with van der Waals surface area (Å²) in [6.07, 6.45) is 7.80. The van der Waals surface area contributed by atoms with Crippen LogP contribution < -0.4 is 4.90 Å². The molecule has 4 rings (SSSR count). The van der Waals surface area contributed by atoms with Crippen molar-refractivity contribution >= 4 is 17.0 Å². The van der Waals surface area contributed by atoms with Crippen LogP contribution in [0.5, 0.6) is 0 Å². The molecule has 2 saturated heterocycles. The lowest BCUT2D eigenvalue weighted by Crippen LogP contribution is -2.35. The van der Waals surface area contributed by atoms with Gasteiger partial charge in [0, 0.05) is 19.8 Å². The maximum Gasteiger partial charge on any atom is 0.167 e. The topological polar surface area (TPSA) is 65.3 Å². The van der Waals surface area contributed by atoms with Crippen molar-refractivity contribution in [2.75, 3.05) is 24.7 Å². The van der Waals surface area contributed by atoms with Gasteiger partial charge in [-0.2, -0.15) is 0 Å². The molecule has 2 aliphatic rings. The standard InChI is InChI=1S/C15H21N5O2/c1-2-19(11-5-3-7-21-11)14-13-15(17-9-16-14)20(10-18-13)12-6-4-8-22-12/h9-12H,2-8H2,1H3. The van der Waals surface area contributed by atoms with Crippen LogP contribution in [-0.2, 0) is 9.47 Å². The first-order valence-electron chi connectivity index (χ1n) is 8.06. The lowest BCUT2D eigenvalue weighted by Gasteiger charge is -2.27. The van der Waals surface area contributed by atoms with E-state index in [1.54, 1.807) is 6.33 Å². The molecule has 118 valence electrons. The Kier molecular flexibility index (Phi) is 3.67. The van der Waals surface area contributed by atoms with Gasteiger partial charge in [-0.05, 0) is 32.6 Å². The Labute approximate surface area is 129 Å². The van der Waals surface area contributed by atoms with Gasteiger partial charge >= 0.3 is 0 Å². The number of rotatable bonds is 4. The fourth-order valence-electron chi connectivity index (χ4n) is 3.34. The Morgan fingerprint density at radius 1 is 1.18 bits per heavy atom. The minimum atomic E-state index is 0.0468. The summed E-state index contributed by atoms with van der Waals surface area (Å²) in [4.78, 5) is 15.7. The third-order valence-electron chi connectivity index (χ3n) is 4.42. The molecule has 2 aliphatic heterocycles. The molecule has 0 N–H and O–H groups in total. The zero-order valence-electron chi connectivity index (χ0n) is 12.8. The first-order valence-corrected chi connectivity index (χ1v) is 8.06. The second-order valence-corrected chi connectivity index (χ2v) is 5.74. The molecular weight excluding hydrogens is 282 g/mol. The molecule has 4 heterocycles. The minimum Gasteiger partial charge on any atom is -0.358 e. The van der Waals surface area contributed by atoms with Crippen molar-refractivity contribution in [3.8, 4) is 0 Å². The highest BCUT2D eigenvalue weighted by Crippen LogP contribution is 2.30. The molecule has 0 saturated carbocycles. The molecule has 7 heteroatoms. The average Bonchev–Trinajstić information content (AvgIpc) is 3.29. The summed E-state index contributed by atoms with van der Waals surface area (Å²) in [5.41, 5.74) is 1.67. The number of hydrogen-bond acceptors (Lipinski definition) is 6. The van der Waals surface area contributed by atoms with Crippen molar-refractivity contribution < 1.29 is 9.47 Å². The van der Waals surface area contributed by atoms with Crippen LogP contribution in [0.2, 0.25) is 0 Å². The van der Waals surface area contributed by atoms with Gasteiger partial charge in [-0.15, -0.1) is 0 Å². The molecule has 0 bridgehead atoms. The number of imidazole rings is 1. The molecule has 2 aromatic rings. The molecule has 0 radical (unpaired) electrons. The van der Waals surface area contributed by atoms with Gasteiger partial charge < -0.3 is 14.4 Å². The number of ether oxygens (including phenoxy) is 2. The summed E-state index contributed by atoms with van der Waals surface area (Å²) in [6.45, 7) is 4.58. The van der Waals surface area contributed by atoms with Gasteiger partial charge in [0.2, 0.25) is 0 Å². The number of aromatic nitrogens is 4. The van der Waals surface area contributed by atoms with Gasteiger partial charge in [-0.3, -0.25) is 4.57 Å². The van der Waals surface area contributed by atoms with Crippen molar-refractivity contribution in [3.63, 3.8) is 0 Å². The third kappa shape index (κ3) is 2.24. The maximum absolute atomic E-state index is 5.82. The molecule has 0 aliphatic carbocycles. The molecule has 7 nitrogen and oxygen atoms in total. The third-order valence-corrected chi connectivity index (χ3v) is 4.42. The van der Waals surface area contributed by atoms with E-state index in [4.69, 9.17) is 9.47 Å². The Bertz CT molecular complexity index is 646. The van der Waals surface area contributed by atoms with Crippen molar-refractivity contribution in [3.05, 3.63) is 12.7 Å². The highest BCUT2D eigenvalue weighted by atomic mass is 16.5. The van der Waals surface area contributed by atoms with Gasteiger partial charge in [-0.1, -0.05) is 0 Å². The van der Waals surface area contributed by atoms with E-state index < -0.39 is 0 Å². The molecule has 0 spiro atoms. The van der Waals surface area contributed by atoms with Crippen LogP contribution in [0.1, 0.15) is 38.8 Å². The number of fused-ring (bicyclic) bond motifs is 1. The van der Waals surface area contributed by atoms with Crippen LogP contribution in [0.25, 0.3) is 11.2 Å². The molecule has 0 aromatic carbocycles. The number of anilines is 1. The lowest BCUT2D eigenvalue weighted by molar-refractivity contribution is 0.0593. The number of nitrogens with zero attached hydrogens (tertiary/aromatic N) is 5. The monoisotopic (exact) mass is 303 g/mol. The van der Waals surface area contributed by atoms with E-state index in [-0.39, 0.29) is 12.5 Å². The van der Waals surface area contributed by atoms with Crippen LogP contribution >= 0.6 is 0 Å². The van der Waals surface area contributed by atoms with Crippen molar-refractivity contribution in [1.29, 1.82) is 0 Å². The van der Waals surface area contributed by atoms with Gasteiger partial charge in [-0.25, -0.2) is 15.0 Å². The first kappa shape index (κ1) is 13.9. The molecule has 2 atom stereocenters. The van der Waals surface area contributed by atoms with E-state index in [2.05, 4.69) is 26.8 Å². The Balaban J connectivity index is 1.74. The van der Waals surface area contributed by atoms with E-state index in [0.717, 1.165) is 62.4 Å². The van der Waals surface area contributed by atoms with Gasteiger partial charge in [0.05, 0.1) is 6.33 Å². The number of hydrogen-bond donors (Lipinski definition) is 0. The SMILES string of the molecule is CCN(c1ncnc2c1ncn2C1CCCO1)C1CCCO1. The van der Waals surface area contributed by atoms with Crippen LogP contribution in [0.4, 0.5) is 5.82 Å². The zero-order chi connectivity index (χ0) is 14.9. The predicted octanol–water partition coefficient (Wildman–Crippen LogP) is 2.10. The summed E-state index contributed by atoms with van der Waals surface area (Å²) in [5, 5.41) is 0. The zero-order valence-corrected chi connectivity index (χ0v) is 12.8. The Morgan fingerprint density at radius 2 is 2.05 bits per heavy atom. The molecule has 2 unspecified atom stereocenters. The lowest BCUT2D eigenvalue weighted by atomic mass is 10.3. The van der Waals surface area contributed by atoms with Crippen LogP contribution in [0, 0.1) is 0 Å². The van der Waals surface area contributed by atoms with Crippen molar-refractivity contribution in [2.24, 2.45) is 0 Å². The highest BCUT2D eigenvalue weighted by molar-refractivity contribution is 5.83. The average molecular weight is 303 g/mol. The van der Waals surface area contributed by atoms with E-state index >= 15 is 0 Å². The van der Waals surface area contributed by atoms with E-state index in [9.17, 15) is 0 Å². The van der Waals surface area contributed by atoms with Crippen LogP contribution in [0.15, 0.2) is 12.7 Å². The quantitative estimate of drug-likeness (QED) is 0.862.